The van der Waals surface area contributed by atoms with Crippen LogP contribution in [0.25, 0.3) is 6.08 Å². The van der Waals surface area contributed by atoms with E-state index in [2.05, 4.69) is 15.7 Å². The van der Waals surface area contributed by atoms with Crippen LogP contribution in [0.15, 0.2) is 90.1 Å². The second-order valence-electron chi connectivity index (χ2n) is 6.93. The number of rotatable bonds is 6. The van der Waals surface area contributed by atoms with Crippen molar-refractivity contribution in [1.29, 1.82) is 0 Å². The Morgan fingerprint density at radius 3 is 2.31 bits per heavy atom. The number of hydrazine groups is 1. The van der Waals surface area contributed by atoms with Gasteiger partial charge in [0.1, 0.15) is 5.37 Å². The molecular formula is C24H20N4O3S. The van der Waals surface area contributed by atoms with Crippen LogP contribution in [-0.2, 0) is 9.59 Å². The average molecular weight is 445 g/mol. The summed E-state index contributed by atoms with van der Waals surface area (Å²) < 4.78 is 0. The zero-order valence-corrected chi connectivity index (χ0v) is 17.8. The molecule has 7 nitrogen and oxygen atoms in total. The van der Waals surface area contributed by atoms with Gasteiger partial charge in [-0.25, -0.2) is 5.01 Å². The summed E-state index contributed by atoms with van der Waals surface area (Å²) in [6.45, 7) is -0.269. The summed E-state index contributed by atoms with van der Waals surface area (Å²) in [7, 11) is 0. The Kier molecular flexibility index (Phi) is 6.62. The number of amides is 3. The molecular weight excluding hydrogens is 424 g/mol. The number of thioether (sulfide) groups is 1. The Labute approximate surface area is 189 Å². The Hall–Kier alpha value is -3.91. The van der Waals surface area contributed by atoms with E-state index in [0.29, 0.717) is 10.5 Å². The second kappa shape index (κ2) is 9.93. The molecule has 0 radical (unpaired) electrons. The van der Waals surface area contributed by atoms with E-state index < -0.39 is 17.2 Å². The molecule has 1 aromatic heterocycles. The van der Waals surface area contributed by atoms with Gasteiger partial charge in [-0.1, -0.05) is 72.4 Å². The Morgan fingerprint density at radius 1 is 0.969 bits per heavy atom. The van der Waals surface area contributed by atoms with Gasteiger partial charge in [0.15, 0.2) is 0 Å². The third-order valence-corrected chi connectivity index (χ3v) is 5.93. The minimum absolute atomic E-state index is 0.269. The number of hydrogen-bond donors (Lipinski definition) is 2. The fourth-order valence-corrected chi connectivity index (χ4v) is 4.32. The van der Waals surface area contributed by atoms with E-state index in [1.807, 2.05) is 60.7 Å². The SMILES string of the molecule is O=C(CNC(=O)c1ccncc1)NN1C(=O)/C(=C/c2ccccc2)SC1c1ccccc1. The minimum atomic E-state index is -0.497. The molecule has 32 heavy (non-hydrogen) atoms. The number of carbonyl (C=O) groups is 3. The van der Waals surface area contributed by atoms with Gasteiger partial charge in [-0.05, 0) is 29.3 Å². The van der Waals surface area contributed by atoms with Crippen LogP contribution in [0.5, 0.6) is 0 Å². The quantitative estimate of drug-likeness (QED) is 0.570. The van der Waals surface area contributed by atoms with Crippen molar-refractivity contribution >= 4 is 35.6 Å². The molecule has 0 bridgehead atoms. The van der Waals surface area contributed by atoms with E-state index in [1.165, 1.54) is 29.2 Å². The molecule has 2 N–H and O–H groups in total. The smallest absolute Gasteiger partial charge is 0.280 e. The van der Waals surface area contributed by atoms with Gasteiger partial charge in [0.05, 0.1) is 11.4 Å². The second-order valence-corrected chi connectivity index (χ2v) is 8.05. The van der Waals surface area contributed by atoms with Crippen LogP contribution >= 0.6 is 11.8 Å². The molecule has 1 fully saturated rings. The van der Waals surface area contributed by atoms with Crippen molar-refractivity contribution < 1.29 is 14.4 Å². The summed E-state index contributed by atoms with van der Waals surface area (Å²) in [5.41, 5.74) is 4.83. The van der Waals surface area contributed by atoms with Crippen molar-refractivity contribution in [3.05, 3.63) is 107 Å². The number of nitrogens with zero attached hydrogens (tertiary/aromatic N) is 2. The summed E-state index contributed by atoms with van der Waals surface area (Å²) in [6, 6.07) is 22.1. The molecule has 0 aliphatic carbocycles. The number of aromatic nitrogens is 1. The predicted octanol–water partition coefficient (Wildman–Crippen LogP) is 3.16. The Morgan fingerprint density at radius 2 is 1.62 bits per heavy atom. The van der Waals surface area contributed by atoms with Crippen LogP contribution in [0.2, 0.25) is 0 Å². The summed E-state index contributed by atoms with van der Waals surface area (Å²) in [4.78, 5) is 42.2. The van der Waals surface area contributed by atoms with Gasteiger partial charge < -0.3 is 5.32 Å². The molecule has 3 aromatic rings. The lowest BCUT2D eigenvalue weighted by atomic mass is 10.2. The van der Waals surface area contributed by atoms with Crippen molar-refractivity contribution in [3.63, 3.8) is 0 Å². The molecule has 4 rings (SSSR count). The normalized spacial score (nSPS) is 16.8. The highest BCUT2D eigenvalue weighted by atomic mass is 32.2. The van der Waals surface area contributed by atoms with E-state index >= 15 is 0 Å². The van der Waals surface area contributed by atoms with E-state index in [1.54, 1.807) is 18.2 Å². The Bertz CT molecular complexity index is 1140. The predicted molar refractivity (Wildman–Crippen MR) is 123 cm³/mol. The van der Waals surface area contributed by atoms with Gasteiger partial charge in [-0.2, -0.15) is 0 Å². The third kappa shape index (κ3) is 5.04. The van der Waals surface area contributed by atoms with Gasteiger partial charge in [0.2, 0.25) is 0 Å². The summed E-state index contributed by atoms with van der Waals surface area (Å²) >= 11 is 1.37. The monoisotopic (exact) mass is 444 g/mol. The van der Waals surface area contributed by atoms with Crippen molar-refractivity contribution in [2.24, 2.45) is 0 Å². The highest BCUT2D eigenvalue weighted by Gasteiger charge is 2.38. The van der Waals surface area contributed by atoms with Crippen LogP contribution in [0, 0.1) is 0 Å². The standard InChI is InChI=1S/C24H20N4O3S/c29-21(16-26-22(30)18-11-13-25-14-12-18)27-28-23(31)20(15-17-7-3-1-4-8-17)32-24(28)19-9-5-2-6-10-19/h1-15,24H,16H2,(H,26,30)(H,27,29)/b20-15-. The number of carbonyl (C=O) groups excluding carboxylic acids is 3. The first-order valence-electron chi connectivity index (χ1n) is 9.91. The summed E-state index contributed by atoms with van der Waals surface area (Å²) in [5.74, 6) is -1.20. The van der Waals surface area contributed by atoms with Crippen LogP contribution in [0.1, 0.15) is 26.9 Å². The molecule has 2 heterocycles. The highest BCUT2D eigenvalue weighted by Crippen LogP contribution is 2.45. The van der Waals surface area contributed by atoms with Crippen molar-refractivity contribution in [3.8, 4) is 0 Å². The van der Waals surface area contributed by atoms with E-state index in [0.717, 1.165) is 11.1 Å². The number of nitrogens with one attached hydrogen (secondary N) is 2. The van der Waals surface area contributed by atoms with Gasteiger partial charge in [0.25, 0.3) is 17.7 Å². The van der Waals surface area contributed by atoms with Crippen molar-refractivity contribution in [2.45, 2.75) is 5.37 Å². The number of pyridine rings is 1. The van der Waals surface area contributed by atoms with Gasteiger partial charge in [-0.3, -0.25) is 24.8 Å². The first kappa shape index (κ1) is 21.3. The third-order valence-electron chi connectivity index (χ3n) is 4.68. The largest absolute Gasteiger partial charge is 0.343 e. The fourth-order valence-electron chi connectivity index (χ4n) is 3.13. The summed E-state index contributed by atoms with van der Waals surface area (Å²) in [6.07, 6.45) is 4.81. The van der Waals surface area contributed by atoms with Crippen molar-refractivity contribution in [2.75, 3.05) is 6.54 Å². The fraction of sp³-hybridized carbons (Fsp3) is 0.0833. The molecule has 1 atom stereocenters. The first-order chi connectivity index (χ1) is 15.6. The molecule has 0 spiro atoms. The molecule has 1 aliphatic rings. The molecule has 3 amide bonds. The van der Waals surface area contributed by atoms with Crippen LogP contribution in [0.3, 0.4) is 0 Å². The van der Waals surface area contributed by atoms with E-state index in [-0.39, 0.29) is 12.5 Å². The Balaban J connectivity index is 1.49. The highest BCUT2D eigenvalue weighted by molar-refractivity contribution is 8.04. The molecule has 160 valence electrons. The lowest BCUT2D eigenvalue weighted by Gasteiger charge is -2.24. The first-order valence-corrected chi connectivity index (χ1v) is 10.8. The van der Waals surface area contributed by atoms with Gasteiger partial charge >= 0.3 is 0 Å². The molecule has 1 saturated heterocycles. The van der Waals surface area contributed by atoms with Crippen LogP contribution in [-0.4, -0.2) is 34.3 Å². The molecule has 2 aromatic carbocycles. The lowest BCUT2D eigenvalue weighted by Crippen LogP contribution is -2.48. The van der Waals surface area contributed by atoms with Crippen LogP contribution < -0.4 is 10.7 Å². The van der Waals surface area contributed by atoms with Crippen LogP contribution in [0.4, 0.5) is 0 Å². The van der Waals surface area contributed by atoms with Crippen molar-refractivity contribution in [1.82, 2.24) is 20.7 Å². The maximum absolute atomic E-state index is 13.1. The topological polar surface area (TPSA) is 91.4 Å². The summed E-state index contributed by atoms with van der Waals surface area (Å²) in [5, 5.41) is 3.45. The lowest BCUT2D eigenvalue weighted by molar-refractivity contribution is -0.137. The number of hydrogen-bond acceptors (Lipinski definition) is 5. The minimum Gasteiger partial charge on any atom is -0.343 e. The van der Waals surface area contributed by atoms with Gasteiger partial charge in [-0.15, -0.1) is 0 Å². The van der Waals surface area contributed by atoms with E-state index in [4.69, 9.17) is 0 Å². The van der Waals surface area contributed by atoms with E-state index in [9.17, 15) is 14.4 Å². The maximum Gasteiger partial charge on any atom is 0.280 e. The van der Waals surface area contributed by atoms with Gasteiger partial charge in [0, 0.05) is 18.0 Å². The molecule has 1 aliphatic heterocycles. The zero-order chi connectivity index (χ0) is 22.3. The maximum atomic E-state index is 13.1. The molecule has 0 saturated carbocycles. The average Bonchev–Trinajstić information content (AvgIpc) is 3.14. The zero-order valence-electron chi connectivity index (χ0n) is 17.0. The molecule has 1 unspecified atom stereocenters. The molecule has 8 heteroatoms. The number of benzene rings is 2.